The maximum Gasteiger partial charge on any atom is 0.304 e. The smallest absolute Gasteiger partial charge is 0.304 e. The monoisotopic (exact) mass is 448 g/mol. The number of epoxide rings is 1. The van der Waals surface area contributed by atoms with Crippen molar-refractivity contribution >= 4 is 11.9 Å². The van der Waals surface area contributed by atoms with Crippen molar-refractivity contribution in [1.82, 2.24) is 0 Å². The Bertz CT molecular complexity index is 866. The molecule has 176 valence electrons. The van der Waals surface area contributed by atoms with E-state index < -0.39 is 29.4 Å². The van der Waals surface area contributed by atoms with E-state index in [9.17, 15) is 9.59 Å². The fourth-order valence-corrected chi connectivity index (χ4v) is 7.95. The second kappa shape index (κ2) is 6.70. The highest BCUT2D eigenvalue weighted by Gasteiger charge is 2.83. The van der Waals surface area contributed by atoms with Gasteiger partial charge in [-0.15, -0.1) is 0 Å². The predicted molar refractivity (Wildman–Crippen MR) is 109 cm³/mol. The van der Waals surface area contributed by atoms with Crippen molar-refractivity contribution in [1.29, 1.82) is 0 Å². The van der Waals surface area contributed by atoms with E-state index >= 15 is 0 Å². The Labute approximate surface area is 187 Å². The standard InChI is InChI=1S/C24H32O8/c1-12-7-19(29-13(2)25)24-17(22(12,4)18-8-15-5-6-27-20(15)32-18)9-16(10-23(24)11-28-23)31-21(24)30-14(3)26/h5-6,12,15-21H,7-11H2,1-4H3/t12-,15-,16-,17-,18+,19?,20+,21+,22+,23+,24?/m1/s1. The molecule has 6 fully saturated rings. The highest BCUT2D eigenvalue weighted by Crippen LogP contribution is 2.74. The van der Waals surface area contributed by atoms with E-state index in [2.05, 4.69) is 19.9 Å². The van der Waals surface area contributed by atoms with Crippen LogP contribution in [0, 0.1) is 28.6 Å². The Balaban J connectivity index is 1.47. The lowest BCUT2D eigenvalue weighted by atomic mass is 9.40. The summed E-state index contributed by atoms with van der Waals surface area (Å²) in [5.41, 5.74) is -1.53. The fourth-order valence-electron chi connectivity index (χ4n) is 7.95. The number of carbonyl (C=O) groups is 2. The van der Waals surface area contributed by atoms with Crippen molar-refractivity contribution in [2.24, 2.45) is 28.6 Å². The van der Waals surface area contributed by atoms with E-state index in [1.54, 1.807) is 6.26 Å². The molecule has 2 spiro atoms. The Kier molecular flexibility index (Phi) is 4.38. The van der Waals surface area contributed by atoms with Crippen LogP contribution in [0.3, 0.4) is 0 Å². The molecule has 0 aromatic rings. The van der Waals surface area contributed by atoms with E-state index in [-0.39, 0.29) is 47.6 Å². The molecular weight excluding hydrogens is 416 g/mol. The summed E-state index contributed by atoms with van der Waals surface area (Å²) in [5, 5.41) is 0. The maximum atomic E-state index is 12.2. The summed E-state index contributed by atoms with van der Waals surface area (Å²) < 4.78 is 36.5. The summed E-state index contributed by atoms with van der Waals surface area (Å²) >= 11 is 0. The van der Waals surface area contributed by atoms with Crippen LogP contribution in [0.2, 0.25) is 0 Å². The van der Waals surface area contributed by atoms with Gasteiger partial charge in [-0.05, 0) is 37.2 Å². The largest absolute Gasteiger partial charge is 0.472 e. The van der Waals surface area contributed by atoms with Crippen LogP contribution >= 0.6 is 0 Å². The molecule has 2 unspecified atom stereocenters. The second-order valence-corrected chi connectivity index (χ2v) is 10.9. The van der Waals surface area contributed by atoms with Crippen molar-refractivity contribution in [2.45, 2.75) is 89.9 Å². The summed E-state index contributed by atoms with van der Waals surface area (Å²) in [4.78, 5) is 24.3. The normalized spacial score (nSPS) is 54.6. The molecule has 4 saturated heterocycles. The molecule has 2 saturated carbocycles. The van der Waals surface area contributed by atoms with Gasteiger partial charge in [0, 0.05) is 31.6 Å². The van der Waals surface area contributed by atoms with Crippen LogP contribution in [-0.4, -0.2) is 55.0 Å². The Hall–Kier alpha value is -1.64. The third-order valence-electron chi connectivity index (χ3n) is 9.48. The van der Waals surface area contributed by atoms with E-state index in [1.807, 2.05) is 0 Å². The summed E-state index contributed by atoms with van der Waals surface area (Å²) in [6.45, 7) is 7.92. The molecule has 0 amide bonds. The lowest BCUT2D eigenvalue weighted by molar-refractivity contribution is -0.375. The molecular formula is C24H32O8. The van der Waals surface area contributed by atoms with E-state index in [4.69, 9.17) is 28.4 Å². The second-order valence-electron chi connectivity index (χ2n) is 10.9. The first-order valence-corrected chi connectivity index (χ1v) is 11.8. The van der Waals surface area contributed by atoms with Crippen LogP contribution in [-0.2, 0) is 38.0 Å². The molecule has 8 nitrogen and oxygen atoms in total. The fraction of sp³-hybridized carbons (Fsp3) is 0.833. The van der Waals surface area contributed by atoms with Gasteiger partial charge in [-0.2, -0.15) is 0 Å². The van der Waals surface area contributed by atoms with E-state index in [0.29, 0.717) is 13.0 Å². The van der Waals surface area contributed by atoms with Crippen molar-refractivity contribution < 1.29 is 38.0 Å². The van der Waals surface area contributed by atoms with Crippen LogP contribution in [0.25, 0.3) is 0 Å². The molecule has 11 atom stereocenters. The zero-order chi connectivity index (χ0) is 22.5. The van der Waals surface area contributed by atoms with Gasteiger partial charge in [-0.1, -0.05) is 13.8 Å². The SMILES string of the molecule is CC(=O)OC1C[C@@H](C)[C@](C)([C@@H]2C[C@H]3C=CO[C@H]3O2)[C@H]2C[C@@H]3C[C@]4(CO4)C12[C@@H](OC(C)=O)O3. The minimum atomic E-state index is -0.812. The van der Waals surface area contributed by atoms with Crippen molar-refractivity contribution in [3.8, 4) is 0 Å². The van der Waals surface area contributed by atoms with Gasteiger partial charge >= 0.3 is 11.9 Å². The van der Waals surface area contributed by atoms with Crippen molar-refractivity contribution in [3.05, 3.63) is 12.3 Å². The Morgan fingerprint density at radius 2 is 1.81 bits per heavy atom. The molecule has 0 aromatic heterocycles. The molecule has 2 bridgehead atoms. The summed E-state index contributed by atoms with van der Waals surface area (Å²) in [6.07, 6.45) is 5.25. The average Bonchev–Trinajstić information content (AvgIpc) is 3.14. The predicted octanol–water partition coefficient (Wildman–Crippen LogP) is 2.69. The maximum absolute atomic E-state index is 12.2. The molecule has 0 N–H and O–H groups in total. The number of fused-ring (bicyclic) bond motifs is 2. The van der Waals surface area contributed by atoms with Crippen LogP contribution in [0.15, 0.2) is 12.3 Å². The minimum absolute atomic E-state index is 0.0225. The van der Waals surface area contributed by atoms with Crippen LogP contribution in [0.1, 0.15) is 53.4 Å². The van der Waals surface area contributed by atoms with Gasteiger partial charge in [0.1, 0.15) is 17.1 Å². The Morgan fingerprint density at radius 1 is 1.06 bits per heavy atom. The summed E-state index contributed by atoms with van der Waals surface area (Å²) in [5.74, 6) is -0.245. The molecule has 5 aliphatic heterocycles. The highest BCUT2D eigenvalue weighted by molar-refractivity contribution is 5.67. The van der Waals surface area contributed by atoms with Crippen molar-refractivity contribution in [2.75, 3.05) is 6.61 Å². The average molecular weight is 449 g/mol. The summed E-state index contributed by atoms with van der Waals surface area (Å²) in [7, 11) is 0. The number of hydrogen-bond acceptors (Lipinski definition) is 8. The molecule has 8 heteroatoms. The van der Waals surface area contributed by atoms with Gasteiger partial charge in [-0.3, -0.25) is 9.59 Å². The number of carbonyl (C=O) groups excluding carboxylic acids is 2. The van der Waals surface area contributed by atoms with Crippen LogP contribution < -0.4 is 0 Å². The molecule has 0 radical (unpaired) electrons. The lowest BCUT2D eigenvalue weighted by Crippen LogP contribution is -2.77. The first-order valence-electron chi connectivity index (χ1n) is 11.8. The highest BCUT2D eigenvalue weighted by atomic mass is 16.7. The quantitative estimate of drug-likeness (QED) is 0.481. The van der Waals surface area contributed by atoms with Gasteiger partial charge in [-0.25, -0.2) is 0 Å². The zero-order valence-electron chi connectivity index (χ0n) is 19.1. The van der Waals surface area contributed by atoms with Gasteiger partial charge in [0.25, 0.3) is 0 Å². The third-order valence-corrected chi connectivity index (χ3v) is 9.48. The van der Waals surface area contributed by atoms with Crippen LogP contribution in [0.5, 0.6) is 0 Å². The van der Waals surface area contributed by atoms with Gasteiger partial charge in [0.05, 0.1) is 25.1 Å². The molecule has 7 rings (SSSR count). The number of ether oxygens (including phenoxy) is 6. The zero-order valence-corrected chi connectivity index (χ0v) is 19.1. The molecule has 32 heavy (non-hydrogen) atoms. The summed E-state index contributed by atoms with van der Waals surface area (Å²) in [6, 6.07) is 0. The number of rotatable bonds is 3. The first kappa shape index (κ1) is 20.9. The van der Waals surface area contributed by atoms with E-state index in [1.165, 1.54) is 13.8 Å². The van der Waals surface area contributed by atoms with E-state index in [0.717, 1.165) is 19.3 Å². The first-order chi connectivity index (χ1) is 15.2. The molecule has 0 aromatic carbocycles. The van der Waals surface area contributed by atoms with Gasteiger partial charge < -0.3 is 28.4 Å². The molecule has 5 heterocycles. The third kappa shape index (κ3) is 2.54. The van der Waals surface area contributed by atoms with Crippen molar-refractivity contribution in [3.63, 3.8) is 0 Å². The van der Waals surface area contributed by atoms with Gasteiger partial charge in [0.15, 0.2) is 0 Å². The lowest BCUT2D eigenvalue weighted by Gasteiger charge is -2.69. The number of esters is 2. The molecule has 2 aliphatic carbocycles. The van der Waals surface area contributed by atoms with Gasteiger partial charge in [0.2, 0.25) is 12.6 Å². The minimum Gasteiger partial charge on any atom is -0.472 e. The topological polar surface area (TPSA) is 92.8 Å². The van der Waals surface area contributed by atoms with Crippen LogP contribution in [0.4, 0.5) is 0 Å². The molecule has 7 aliphatic rings. The number of hydrogen-bond donors (Lipinski definition) is 0. The Morgan fingerprint density at radius 3 is 2.47 bits per heavy atom.